The summed E-state index contributed by atoms with van der Waals surface area (Å²) in [6.07, 6.45) is 3.20. The van der Waals surface area contributed by atoms with Gasteiger partial charge in [0.2, 0.25) is 5.91 Å². The van der Waals surface area contributed by atoms with E-state index in [2.05, 4.69) is 12.2 Å². The predicted octanol–water partition coefficient (Wildman–Crippen LogP) is 1.31. The van der Waals surface area contributed by atoms with E-state index in [0.717, 1.165) is 5.92 Å². The van der Waals surface area contributed by atoms with Gasteiger partial charge in [-0.25, -0.2) is 0 Å². The molecule has 0 aromatic rings. The van der Waals surface area contributed by atoms with Crippen LogP contribution in [0.4, 0.5) is 0 Å². The van der Waals surface area contributed by atoms with Crippen molar-refractivity contribution in [1.82, 2.24) is 5.32 Å². The van der Waals surface area contributed by atoms with Crippen molar-refractivity contribution in [3.63, 3.8) is 0 Å². The number of carbonyl (C=O) groups excluding carboxylic acids is 1. The fraction of sp³-hybridized carbons (Fsp3) is 0.875. The molecule has 0 aromatic heterocycles. The van der Waals surface area contributed by atoms with E-state index < -0.39 is 0 Å². The molecule has 0 aliphatic heterocycles. The van der Waals surface area contributed by atoms with Crippen molar-refractivity contribution in [3.8, 4) is 0 Å². The van der Waals surface area contributed by atoms with Gasteiger partial charge in [0.05, 0.1) is 0 Å². The quantitative estimate of drug-likeness (QED) is 0.631. The number of hydrogen-bond acceptors (Lipinski definition) is 1. The van der Waals surface area contributed by atoms with Crippen LogP contribution in [-0.4, -0.2) is 11.9 Å². The Morgan fingerprint density at radius 3 is 2.70 bits per heavy atom. The second-order valence-electron chi connectivity index (χ2n) is 3.05. The largest absolute Gasteiger partial charge is 0.353 e. The molecular weight excluding hydrogens is 126 g/mol. The van der Waals surface area contributed by atoms with Crippen LogP contribution in [0, 0.1) is 5.92 Å². The van der Waals surface area contributed by atoms with Gasteiger partial charge >= 0.3 is 0 Å². The highest BCUT2D eigenvalue weighted by atomic mass is 16.1. The summed E-state index contributed by atoms with van der Waals surface area (Å²) in [5.41, 5.74) is 0. The molecule has 1 rings (SSSR count). The SMILES string of the molecule is CCC(=O)N[C@@H](C)C1CC1. The van der Waals surface area contributed by atoms with Gasteiger partial charge in [-0.2, -0.15) is 0 Å². The molecule has 58 valence electrons. The highest BCUT2D eigenvalue weighted by Gasteiger charge is 2.28. The molecule has 1 amide bonds. The maximum absolute atomic E-state index is 10.8. The summed E-state index contributed by atoms with van der Waals surface area (Å²) < 4.78 is 0. The van der Waals surface area contributed by atoms with E-state index in [1.807, 2.05) is 6.92 Å². The Balaban J connectivity index is 2.16. The van der Waals surface area contributed by atoms with Crippen LogP contribution in [0.15, 0.2) is 0 Å². The first-order valence-corrected chi connectivity index (χ1v) is 4.03. The Bertz CT molecular complexity index is 129. The van der Waals surface area contributed by atoms with Gasteiger partial charge in [-0.3, -0.25) is 4.79 Å². The number of amides is 1. The van der Waals surface area contributed by atoms with Crippen LogP contribution < -0.4 is 5.32 Å². The molecule has 1 aliphatic carbocycles. The van der Waals surface area contributed by atoms with Gasteiger partial charge < -0.3 is 5.32 Å². The number of nitrogens with one attached hydrogen (secondary N) is 1. The van der Waals surface area contributed by atoms with Crippen LogP contribution in [0.3, 0.4) is 0 Å². The molecule has 0 saturated heterocycles. The fourth-order valence-corrected chi connectivity index (χ4v) is 1.07. The first-order chi connectivity index (χ1) is 4.74. The minimum absolute atomic E-state index is 0.180. The average molecular weight is 141 g/mol. The van der Waals surface area contributed by atoms with E-state index in [1.54, 1.807) is 0 Å². The molecule has 0 aromatic carbocycles. The Morgan fingerprint density at radius 2 is 2.30 bits per heavy atom. The van der Waals surface area contributed by atoms with Crippen molar-refractivity contribution < 1.29 is 4.79 Å². The molecule has 0 unspecified atom stereocenters. The highest BCUT2D eigenvalue weighted by Crippen LogP contribution is 2.32. The van der Waals surface area contributed by atoms with Crippen LogP contribution in [0.25, 0.3) is 0 Å². The summed E-state index contributed by atoms with van der Waals surface area (Å²) in [6.45, 7) is 3.97. The minimum atomic E-state index is 0.180. The van der Waals surface area contributed by atoms with Gasteiger partial charge in [-0.05, 0) is 25.7 Å². The van der Waals surface area contributed by atoms with Gasteiger partial charge in [0.15, 0.2) is 0 Å². The fourth-order valence-electron chi connectivity index (χ4n) is 1.07. The van der Waals surface area contributed by atoms with Crippen LogP contribution in [0.1, 0.15) is 33.1 Å². The molecule has 0 radical (unpaired) electrons. The van der Waals surface area contributed by atoms with E-state index in [4.69, 9.17) is 0 Å². The van der Waals surface area contributed by atoms with Crippen molar-refractivity contribution in [2.75, 3.05) is 0 Å². The molecular formula is C8H15NO. The summed E-state index contributed by atoms with van der Waals surface area (Å²) in [5, 5.41) is 2.95. The van der Waals surface area contributed by atoms with Gasteiger partial charge in [-0.1, -0.05) is 6.92 Å². The molecule has 1 atom stereocenters. The van der Waals surface area contributed by atoms with Gasteiger partial charge in [-0.15, -0.1) is 0 Å². The highest BCUT2D eigenvalue weighted by molar-refractivity contribution is 5.75. The summed E-state index contributed by atoms with van der Waals surface area (Å²) >= 11 is 0. The zero-order valence-corrected chi connectivity index (χ0v) is 6.68. The lowest BCUT2D eigenvalue weighted by Gasteiger charge is -2.10. The van der Waals surface area contributed by atoms with Crippen molar-refractivity contribution in [2.24, 2.45) is 5.92 Å². The predicted molar refractivity (Wildman–Crippen MR) is 40.6 cm³/mol. The molecule has 0 spiro atoms. The molecule has 2 heteroatoms. The van der Waals surface area contributed by atoms with E-state index in [1.165, 1.54) is 12.8 Å². The molecule has 10 heavy (non-hydrogen) atoms. The molecule has 0 bridgehead atoms. The summed E-state index contributed by atoms with van der Waals surface area (Å²) in [7, 11) is 0. The molecule has 0 heterocycles. The summed E-state index contributed by atoms with van der Waals surface area (Å²) in [4.78, 5) is 10.8. The summed E-state index contributed by atoms with van der Waals surface area (Å²) in [5.74, 6) is 0.954. The maximum Gasteiger partial charge on any atom is 0.219 e. The summed E-state index contributed by atoms with van der Waals surface area (Å²) in [6, 6.07) is 0.410. The van der Waals surface area contributed by atoms with Gasteiger partial charge in [0.25, 0.3) is 0 Å². The lowest BCUT2D eigenvalue weighted by Crippen LogP contribution is -2.33. The topological polar surface area (TPSA) is 29.1 Å². The second kappa shape index (κ2) is 3.04. The van der Waals surface area contributed by atoms with Crippen LogP contribution in [0.2, 0.25) is 0 Å². The normalized spacial score (nSPS) is 20.2. The third kappa shape index (κ3) is 2.01. The molecule has 1 saturated carbocycles. The van der Waals surface area contributed by atoms with E-state index in [9.17, 15) is 4.79 Å². The third-order valence-electron chi connectivity index (χ3n) is 2.04. The first-order valence-electron chi connectivity index (χ1n) is 4.03. The lowest BCUT2D eigenvalue weighted by atomic mass is 10.2. The second-order valence-corrected chi connectivity index (χ2v) is 3.05. The standard InChI is InChI=1S/C8H15NO/c1-3-8(10)9-6(2)7-4-5-7/h6-7H,3-5H2,1-2H3,(H,9,10)/t6-/m0/s1. The monoisotopic (exact) mass is 141 g/mol. The van der Waals surface area contributed by atoms with Crippen molar-refractivity contribution in [1.29, 1.82) is 0 Å². The molecule has 1 N–H and O–H groups in total. The maximum atomic E-state index is 10.8. The number of hydrogen-bond donors (Lipinski definition) is 1. The van der Waals surface area contributed by atoms with Crippen molar-refractivity contribution >= 4 is 5.91 Å². The number of carbonyl (C=O) groups is 1. The van der Waals surface area contributed by atoms with E-state index >= 15 is 0 Å². The van der Waals surface area contributed by atoms with Crippen LogP contribution >= 0.6 is 0 Å². The van der Waals surface area contributed by atoms with Crippen molar-refractivity contribution in [3.05, 3.63) is 0 Å². The molecule has 1 aliphatic rings. The molecule has 1 fully saturated rings. The Labute approximate surface area is 62.0 Å². The zero-order chi connectivity index (χ0) is 7.56. The molecule has 2 nitrogen and oxygen atoms in total. The minimum Gasteiger partial charge on any atom is -0.353 e. The van der Waals surface area contributed by atoms with Crippen LogP contribution in [0.5, 0.6) is 0 Å². The van der Waals surface area contributed by atoms with Crippen LogP contribution in [-0.2, 0) is 4.79 Å². The van der Waals surface area contributed by atoms with Gasteiger partial charge in [0.1, 0.15) is 0 Å². The first kappa shape index (κ1) is 7.58. The van der Waals surface area contributed by atoms with E-state index in [-0.39, 0.29) is 5.91 Å². The third-order valence-corrected chi connectivity index (χ3v) is 2.04. The van der Waals surface area contributed by atoms with Crippen molar-refractivity contribution in [2.45, 2.75) is 39.2 Å². The van der Waals surface area contributed by atoms with Gasteiger partial charge in [0, 0.05) is 12.5 Å². The zero-order valence-electron chi connectivity index (χ0n) is 6.68. The number of rotatable bonds is 3. The smallest absolute Gasteiger partial charge is 0.219 e. The Kier molecular flexibility index (Phi) is 2.30. The van der Waals surface area contributed by atoms with E-state index in [0.29, 0.717) is 12.5 Å². The lowest BCUT2D eigenvalue weighted by molar-refractivity contribution is -0.121. The Morgan fingerprint density at radius 1 is 1.70 bits per heavy atom. The Hall–Kier alpha value is -0.530. The average Bonchev–Trinajstić information content (AvgIpc) is 2.68.